The van der Waals surface area contributed by atoms with E-state index in [1.165, 1.54) is 6.07 Å². The third-order valence-corrected chi connectivity index (χ3v) is 4.09. The Morgan fingerprint density at radius 1 is 1.20 bits per heavy atom. The van der Waals surface area contributed by atoms with Crippen LogP contribution in [-0.4, -0.2) is 18.3 Å². The van der Waals surface area contributed by atoms with Gasteiger partial charge in [0.25, 0.3) is 0 Å². The predicted octanol–water partition coefficient (Wildman–Crippen LogP) is 2.58. The molecule has 1 aliphatic rings. The van der Waals surface area contributed by atoms with Crippen LogP contribution >= 0.6 is 0 Å². The Morgan fingerprint density at radius 3 is 2.35 bits per heavy atom. The molecule has 1 aromatic rings. The van der Waals surface area contributed by atoms with Gasteiger partial charge in [-0.1, -0.05) is 12.1 Å². The second kappa shape index (κ2) is 5.19. The Bertz CT molecular complexity index is 535. The topological polar surface area (TPSA) is 42.2 Å². The van der Waals surface area contributed by atoms with Gasteiger partial charge in [-0.25, -0.2) is 4.39 Å². The van der Waals surface area contributed by atoms with Crippen molar-refractivity contribution < 1.29 is 13.7 Å². The van der Waals surface area contributed by atoms with E-state index in [9.17, 15) is 4.39 Å². The van der Waals surface area contributed by atoms with Crippen molar-refractivity contribution in [2.24, 2.45) is 0 Å². The van der Waals surface area contributed by atoms with Crippen LogP contribution in [0.15, 0.2) is 18.2 Å². The smallest absolute Gasteiger partial charge is 0.399 e. The molecule has 1 aliphatic heterocycles. The van der Waals surface area contributed by atoms with E-state index in [1.807, 2.05) is 27.7 Å². The normalized spacial score (nSPS) is 19.9. The Balaban J connectivity index is 2.28. The highest BCUT2D eigenvalue weighted by Crippen LogP contribution is 2.36. The molecule has 106 valence electrons. The fourth-order valence-electron chi connectivity index (χ4n) is 2.10. The Morgan fingerprint density at radius 2 is 1.80 bits per heavy atom. The molecule has 0 aliphatic carbocycles. The quantitative estimate of drug-likeness (QED) is 0.796. The minimum absolute atomic E-state index is 0.343. The van der Waals surface area contributed by atoms with E-state index in [4.69, 9.17) is 14.6 Å². The summed E-state index contributed by atoms with van der Waals surface area (Å²) in [6.45, 7) is 7.74. The first-order chi connectivity index (χ1) is 9.27. The number of benzene rings is 1. The van der Waals surface area contributed by atoms with Crippen molar-refractivity contribution >= 4 is 12.6 Å². The van der Waals surface area contributed by atoms with Crippen LogP contribution in [0.2, 0.25) is 0 Å². The Hall–Kier alpha value is -1.38. The van der Waals surface area contributed by atoms with Gasteiger partial charge in [-0.15, -0.1) is 0 Å². The van der Waals surface area contributed by atoms with Crippen LogP contribution < -0.4 is 5.46 Å². The van der Waals surface area contributed by atoms with Gasteiger partial charge in [0.1, 0.15) is 5.82 Å². The lowest BCUT2D eigenvalue weighted by Gasteiger charge is -2.32. The SMILES string of the molecule is CC1(C)OB(c2cc(CCC#N)ccc2F)OC1(C)C. The van der Waals surface area contributed by atoms with E-state index < -0.39 is 18.3 Å². The first-order valence-corrected chi connectivity index (χ1v) is 6.78. The van der Waals surface area contributed by atoms with Crippen molar-refractivity contribution in [2.75, 3.05) is 0 Å². The van der Waals surface area contributed by atoms with Crippen LogP contribution in [0.5, 0.6) is 0 Å². The summed E-state index contributed by atoms with van der Waals surface area (Å²) in [5.41, 5.74) is 0.330. The summed E-state index contributed by atoms with van der Waals surface area (Å²) in [7, 11) is -0.706. The van der Waals surface area contributed by atoms with Gasteiger partial charge in [-0.05, 0) is 45.7 Å². The highest BCUT2D eigenvalue weighted by atomic mass is 19.1. The summed E-state index contributed by atoms with van der Waals surface area (Å²) in [6.07, 6.45) is 1.01. The average Bonchev–Trinajstić information content (AvgIpc) is 2.57. The molecule has 1 heterocycles. The van der Waals surface area contributed by atoms with Crippen molar-refractivity contribution in [1.82, 2.24) is 0 Å². The van der Waals surface area contributed by atoms with Crippen molar-refractivity contribution in [3.8, 4) is 6.07 Å². The zero-order chi connectivity index (χ0) is 15.0. The molecule has 0 saturated carbocycles. The molecular weight excluding hydrogens is 256 g/mol. The number of aryl methyl sites for hydroxylation is 1. The van der Waals surface area contributed by atoms with Gasteiger partial charge in [-0.2, -0.15) is 5.26 Å². The van der Waals surface area contributed by atoms with Gasteiger partial charge >= 0.3 is 7.12 Å². The average molecular weight is 275 g/mol. The van der Waals surface area contributed by atoms with Crippen LogP contribution in [0.25, 0.3) is 0 Å². The first kappa shape index (κ1) is 15.0. The van der Waals surface area contributed by atoms with Gasteiger partial charge in [0.2, 0.25) is 0 Å². The van der Waals surface area contributed by atoms with Crippen LogP contribution in [0.4, 0.5) is 4.39 Å². The van der Waals surface area contributed by atoms with E-state index >= 15 is 0 Å². The zero-order valence-electron chi connectivity index (χ0n) is 12.4. The van der Waals surface area contributed by atoms with Crippen molar-refractivity contribution in [1.29, 1.82) is 5.26 Å². The van der Waals surface area contributed by atoms with Gasteiger partial charge < -0.3 is 9.31 Å². The van der Waals surface area contributed by atoms with E-state index in [-0.39, 0.29) is 5.82 Å². The highest BCUT2D eigenvalue weighted by molar-refractivity contribution is 6.62. The fourth-order valence-corrected chi connectivity index (χ4v) is 2.10. The summed E-state index contributed by atoms with van der Waals surface area (Å²) < 4.78 is 25.7. The van der Waals surface area contributed by atoms with E-state index in [0.717, 1.165) is 5.56 Å². The van der Waals surface area contributed by atoms with Crippen LogP contribution in [0.1, 0.15) is 39.7 Å². The second-order valence-corrected chi connectivity index (χ2v) is 6.10. The minimum atomic E-state index is -0.706. The number of nitriles is 1. The molecule has 0 atom stereocenters. The fraction of sp³-hybridized carbons (Fsp3) is 0.533. The number of hydrogen-bond donors (Lipinski definition) is 0. The molecule has 1 fully saturated rings. The standard InChI is InChI=1S/C15H19BFNO2/c1-14(2)15(3,4)20-16(19-14)12-10-11(6-5-9-18)7-8-13(12)17/h7-8,10H,5-6H2,1-4H3. The maximum atomic E-state index is 14.0. The molecule has 0 aromatic heterocycles. The monoisotopic (exact) mass is 275 g/mol. The summed E-state index contributed by atoms with van der Waals surface area (Å²) >= 11 is 0. The number of nitrogens with zero attached hydrogens (tertiary/aromatic N) is 1. The molecule has 0 spiro atoms. The molecule has 1 saturated heterocycles. The predicted molar refractivity (Wildman–Crippen MR) is 76.1 cm³/mol. The van der Waals surface area contributed by atoms with Crippen molar-refractivity contribution in [3.05, 3.63) is 29.6 Å². The molecule has 0 radical (unpaired) electrons. The first-order valence-electron chi connectivity index (χ1n) is 6.78. The Labute approximate surface area is 119 Å². The molecule has 5 heteroatoms. The van der Waals surface area contributed by atoms with Gasteiger partial charge in [0, 0.05) is 11.9 Å². The minimum Gasteiger partial charge on any atom is -0.399 e. The summed E-state index contributed by atoms with van der Waals surface area (Å²) in [4.78, 5) is 0. The molecule has 3 nitrogen and oxygen atoms in total. The molecule has 1 aromatic carbocycles. The van der Waals surface area contributed by atoms with E-state index in [0.29, 0.717) is 18.3 Å². The van der Waals surface area contributed by atoms with E-state index in [2.05, 4.69) is 6.07 Å². The molecule has 0 N–H and O–H groups in total. The maximum Gasteiger partial charge on any atom is 0.497 e. The molecule has 0 unspecified atom stereocenters. The largest absolute Gasteiger partial charge is 0.497 e. The lowest BCUT2D eigenvalue weighted by molar-refractivity contribution is 0.00578. The van der Waals surface area contributed by atoms with Crippen molar-refractivity contribution in [3.63, 3.8) is 0 Å². The summed E-state index contributed by atoms with van der Waals surface area (Å²) in [5.74, 6) is -0.343. The third kappa shape index (κ3) is 2.72. The number of hydrogen-bond acceptors (Lipinski definition) is 3. The molecule has 2 rings (SSSR count). The highest BCUT2D eigenvalue weighted by Gasteiger charge is 2.52. The summed E-state index contributed by atoms with van der Waals surface area (Å²) in [5, 5.41) is 8.63. The van der Waals surface area contributed by atoms with Gasteiger partial charge in [0.05, 0.1) is 17.3 Å². The molecule has 0 bridgehead atoms. The molecule has 20 heavy (non-hydrogen) atoms. The maximum absolute atomic E-state index is 14.0. The second-order valence-electron chi connectivity index (χ2n) is 6.10. The molecular formula is C15H19BFNO2. The van der Waals surface area contributed by atoms with Crippen LogP contribution in [0, 0.1) is 17.1 Å². The van der Waals surface area contributed by atoms with E-state index in [1.54, 1.807) is 12.1 Å². The third-order valence-electron chi connectivity index (χ3n) is 4.09. The van der Waals surface area contributed by atoms with Crippen LogP contribution in [0.3, 0.4) is 0 Å². The molecule has 0 amide bonds. The Kier molecular flexibility index (Phi) is 3.90. The van der Waals surface area contributed by atoms with Crippen LogP contribution in [-0.2, 0) is 15.7 Å². The summed E-state index contributed by atoms with van der Waals surface area (Å²) in [6, 6.07) is 6.93. The number of halogens is 1. The number of rotatable bonds is 3. The van der Waals surface area contributed by atoms with Gasteiger partial charge in [-0.3, -0.25) is 0 Å². The van der Waals surface area contributed by atoms with Crippen molar-refractivity contribution in [2.45, 2.75) is 51.7 Å². The lowest BCUT2D eigenvalue weighted by Crippen LogP contribution is -2.41. The lowest BCUT2D eigenvalue weighted by atomic mass is 9.77. The van der Waals surface area contributed by atoms with Gasteiger partial charge in [0.15, 0.2) is 0 Å². The zero-order valence-corrected chi connectivity index (χ0v) is 12.4.